The number of hydrogen-bond acceptors (Lipinski definition) is 4. The van der Waals surface area contributed by atoms with Crippen molar-refractivity contribution < 1.29 is 14.6 Å². The van der Waals surface area contributed by atoms with Crippen LogP contribution in [0.2, 0.25) is 0 Å². The van der Waals surface area contributed by atoms with Crippen LogP contribution in [0, 0.1) is 11.8 Å². The topological polar surface area (TPSA) is 41.9 Å². The second kappa shape index (κ2) is 3.20. The molecule has 0 aliphatic carbocycles. The monoisotopic (exact) mass is 187 g/mol. The van der Waals surface area contributed by atoms with Crippen LogP contribution in [0.5, 0.6) is 0 Å². The summed E-state index contributed by atoms with van der Waals surface area (Å²) >= 11 is 0. The van der Waals surface area contributed by atoms with Gasteiger partial charge >= 0.3 is 0 Å². The molecule has 76 valence electrons. The highest BCUT2D eigenvalue weighted by molar-refractivity contribution is 5.01. The largest absolute Gasteiger partial charge is 0.396 e. The highest BCUT2D eigenvalue weighted by atomic mass is 16.7. The Labute approximate surface area is 78.4 Å². The van der Waals surface area contributed by atoms with E-state index in [4.69, 9.17) is 9.47 Å². The molecule has 0 saturated carbocycles. The van der Waals surface area contributed by atoms with Gasteiger partial charge in [0.25, 0.3) is 0 Å². The van der Waals surface area contributed by atoms with Crippen molar-refractivity contribution in [2.75, 3.05) is 40.5 Å². The molecule has 0 aromatic rings. The summed E-state index contributed by atoms with van der Waals surface area (Å²) < 4.78 is 10.9. The number of aliphatic hydroxyl groups is 1. The van der Waals surface area contributed by atoms with E-state index in [-0.39, 0.29) is 6.61 Å². The molecule has 3 atom stereocenters. The van der Waals surface area contributed by atoms with Crippen molar-refractivity contribution in [2.45, 2.75) is 5.79 Å². The van der Waals surface area contributed by atoms with Crippen LogP contribution in [0.3, 0.4) is 0 Å². The summed E-state index contributed by atoms with van der Waals surface area (Å²) in [6.45, 7) is 3.04. The fourth-order valence-electron chi connectivity index (χ4n) is 2.72. The normalized spacial score (nSPS) is 41.3. The van der Waals surface area contributed by atoms with E-state index in [1.165, 1.54) is 0 Å². The Bertz CT molecular complexity index is 193. The zero-order chi connectivity index (χ0) is 9.47. The fraction of sp³-hybridized carbons (Fsp3) is 1.00. The van der Waals surface area contributed by atoms with Gasteiger partial charge in [-0.05, 0) is 0 Å². The van der Waals surface area contributed by atoms with E-state index in [0.29, 0.717) is 11.8 Å². The number of fused-ring (bicyclic) bond motifs is 2. The predicted molar refractivity (Wildman–Crippen MR) is 47.3 cm³/mol. The zero-order valence-electron chi connectivity index (χ0n) is 8.19. The summed E-state index contributed by atoms with van der Waals surface area (Å²) in [5, 5.41) is 9.17. The molecule has 0 amide bonds. The summed E-state index contributed by atoms with van der Waals surface area (Å²) in [6, 6.07) is 0. The number of rotatable bonds is 3. The standard InChI is InChI=1S/C9H17NO3/c1-12-9(13-2)6-10-3-7(5-11)8(9)4-10/h7-8,11H,3-6H2,1-2H3. The molecule has 2 bridgehead atoms. The number of piperidine rings is 1. The van der Waals surface area contributed by atoms with Gasteiger partial charge in [0.15, 0.2) is 5.79 Å². The fourth-order valence-corrected chi connectivity index (χ4v) is 2.72. The van der Waals surface area contributed by atoms with Crippen LogP contribution in [-0.2, 0) is 9.47 Å². The van der Waals surface area contributed by atoms with Crippen LogP contribution in [0.25, 0.3) is 0 Å². The summed E-state index contributed by atoms with van der Waals surface area (Å²) in [5.74, 6) is 0.173. The molecule has 4 nitrogen and oxygen atoms in total. The van der Waals surface area contributed by atoms with Gasteiger partial charge in [0.2, 0.25) is 0 Å². The van der Waals surface area contributed by atoms with Gasteiger partial charge in [-0.25, -0.2) is 0 Å². The third kappa shape index (κ3) is 1.21. The van der Waals surface area contributed by atoms with E-state index in [1.54, 1.807) is 14.2 Å². The molecule has 0 spiro atoms. The lowest BCUT2D eigenvalue weighted by Gasteiger charge is -2.38. The molecule has 2 aliphatic heterocycles. The Morgan fingerprint density at radius 2 is 2.08 bits per heavy atom. The second-order valence-corrected chi connectivity index (χ2v) is 3.96. The van der Waals surface area contributed by atoms with Gasteiger partial charge in [-0.15, -0.1) is 0 Å². The van der Waals surface area contributed by atoms with Crippen molar-refractivity contribution >= 4 is 0 Å². The Balaban J connectivity index is 2.16. The molecule has 2 aliphatic rings. The van der Waals surface area contributed by atoms with Crippen LogP contribution in [0.4, 0.5) is 0 Å². The quantitative estimate of drug-likeness (QED) is 0.606. The SMILES string of the molecule is COC1(OC)CN2CC(CO)C1C2. The molecular weight excluding hydrogens is 170 g/mol. The Kier molecular flexibility index (Phi) is 2.32. The van der Waals surface area contributed by atoms with Crippen LogP contribution in [0.15, 0.2) is 0 Å². The molecule has 1 N–H and O–H groups in total. The van der Waals surface area contributed by atoms with Crippen LogP contribution in [0.1, 0.15) is 0 Å². The number of aliphatic hydroxyl groups excluding tert-OH is 1. The van der Waals surface area contributed by atoms with Crippen molar-refractivity contribution in [1.29, 1.82) is 0 Å². The van der Waals surface area contributed by atoms with Crippen molar-refractivity contribution in [3.05, 3.63) is 0 Å². The van der Waals surface area contributed by atoms with Gasteiger partial charge < -0.3 is 14.6 Å². The smallest absolute Gasteiger partial charge is 0.184 e. The van der Waals surface area contributed by atoms with Gasteiger partial charge in [0, 0.05) is 45.8 Å². The Morgan fingerprint density at radius 3 is 2.54 bits per heavy atom. The molecule has 2 heterocycles. The molecule has 3 unspecified atom stereocenters. The molecule has 2 fully saturated rings. The third-order valence-electron chi connectivity index (χ3n) is 3.45. The average molecular weight is 187 g/mol. The van der Waals surface area contributed by atoms with Crippen molar-refractivity contribution in [1.82, 2.24) is 4.90 Å². The first-order valence-corrected chi connectivity index (χ1v) is 4.69. The maximum atomic E-state index is 9.17. The van der Waals surface area contributed by atoms with Crippen LogP contribution in [-0.4, -0.2) is 56.3 Å². The predicted octanol–water partition coefficient (Wildman–Crippen LogP) is -0.471. The summed E-state index contributed by atoms with van der Waals surface area (Å²) in [5.41, 5.74) is 0. The van der Waals surface area contributed by atoms with Gasteiger partial charge in [0.1, 0.15) is 0 Å². The Hall–Kier alpha value is -0.160. The lowest BCUT2D eigenvalue weighted by molar-refractivity contribution is -0.239. The molecule has 2 rings (SSSR count). The van der Waals surface area contributed by atoms with E-state index >= 15 is 0 Å². The summed E-state index contributed by atoms with van der Waals surface area (Å²) in [6.07, 6.45) is 0. The minimum Gasteiger partial charge on any atom is -0.396 e. The lowest BCUT2D eigenvalue weighted by atomic mass is 9.88. The number of hydrogen-bond donors (Lipinski definition) is 1. The van der Waals surface area contributed by atoms with Gasteiger partial charge in [-0.3, -0.25) is 4.90 Å². The van der Waals surface area contributed by atoms with Crippen molar-refractivity contribution in [3.63, 3.8) is 0 Å². The minimum absolute atomic E-state index is 0.232. The van der Waals surface area contributed by atoms with Crippen LogP contribution < -0.4 is 0 Å². The highest BCUT2D eigenvalue weighted by Crippen LogP contribution is 2.42. The summed E-state index contributed by atoms with van der Waals surface area (Å²) in [7, 11) is 3.36. The van der Waals surface area contributed by atoms with E-state index in [9.17, 15) is 5.11 Å². The van der Waals surface area contributed by atoms with E-state index in [0.717, 1.165) is 19.6 Å². The summed E-state index contributed by atoms with van der Waals surface area (Å²) in [4.78, 5) is 2.29. The molecule has 2 saturated heterocycles. The van der Waals surface area contributed by atoms with E-state index in [2.05, 4.69) is 4.90 Å². The highest BCUT2D eigenvalue weighted by Gasteiger charge is 2.55. The van der Waals surface area contributed by atoms with Crippen LogP contribution >= 0.6 is 0 Å². The van der Waals surface area contributed by atoms with Gasteiger partial charge in [-0.2, -0.15) is 0 Å². The third-order valence-corrected chi connectivity index (χ3v) is 3.45. The van der Waals surface area contributed by atoms with Crippen molar-refractivity contribution in [2.24, 2.45) is 11.8 Å². The maximum Gasteiger partial charge on any atom is 0.184 e. The zero-order valence-corrected chi connectivity index (χ0v) is 8.19. The molecule has 4 heteroatoms. The molecule has 0 aromatic heterocycles. The van der Waals surface area contributed by atoms with Crippen molar-refractivity contribution in [3.8, 4) is 0 Å². The van der Waals surface area contributed by atoms with Gasteiger partial charge in [0.05, 0.1) is 6.54 Å². The lowest BCUT2D eigenvalue weighted by Crippen LogP contribution is -2.50. The van der Waals surface area contributed by atoms with Gasteiger partial charge in [-0.1, -0.05) is 0 Å². The molecule has 13 heavy (non-hydrogen) atoms. The van der Waals surface area contributed by atoms with E-state index < -0.39 is 5.79 Å². The van der Waals surface area contributed by atoms with E-state index in [1.807, 2.05) is 0 Å². The first-order chi connectivity index (χ1) is 6.25. The molecular formula is C9H17NO3. The Morgan fingerprint density at radius 1 is 1.38 bits per heavy atom. The molecule has 0 aromatic carbocycles. The minimum atomic E-state index is -0.467. The maximum absolute atomic E-state index is 9.17. The average Bonchev–Trinajstić information content (AvgIpc) is 2.73. The number of ether oxygens (including phenoxy) is 2. The molecule has 0 radical (unpaired) electrons. The number of methoxy groups -OCH3 is 2. The first-order valence-electron chi connectivity index (χ1n) is 4.69. The first kappa shape index (κ1) is 9.40. The second-order valence-electron chi connectivity index (χ2n) is 3.96. The number of nitrogens with zero attached hydrogens (tertiary/aromatic N) is 1.